The third-order valence-electron chi connectivity index (χ3n) is 6.91. The lowest BCUT2D eigenvalue weighted by Crippen LogP contribution is -2.67. The number of hydrogen-bond acceptors (Lipinski definition) is 6. The van der Waals surface area contributed by atoms with Crippen LogP contribution in [0.4, 0.5) is 0 Å². The van der Waals surface area contributed by atoms with Gasteiger partial charge in [0.2, 0.25) is 5.91 Å². The van der Waals surface area contributed by atoms with Gasteiger partial charge in [0.25, 0.3) is 0 Å². The van der Waals surface area contributed by atoms with E-state index in [0.29, 0.717) is 6.42 Å². The zero-order valence-electron chi connectivity index (χ0n) is 22.7. The van der Waals surface area contributed by atoms with Gasteiger partial charge >= 0.3 is 0 Å². The van der Waals surface area contributed by atoms with Crippen molar-refractivity contribution < 1.29 is 23.7 Å². The molecule has 0 aromatic rings. The molecular formula is C26H52NO5PS-2. The molecule has 6 nitrogen and oxygen atoms in total. The summed E-state index contributed by atoms with van der Waals surface area (Å²) in [5.74, 6) is 0.873. The number of carbonyl (C=O) groups is 1. The van der Waals surface area contributed by atoms with E-state index in [1.54, 1.807) is 0 Å². The molecule has 8 heteroatoms. The first-order chi connectivity index (χ1) is 15.7. The Bertz CT molecular complexity index is 581. The van der Waals surface area contributed by atoms with Crippen LogP contribution >= 0.6 is 20.5 Å². The molecule has 0 rings (SSSR count). The largest absolute Gasteiger partial charge is 0.790 e. The van der Waals surface area contributed by atoms with Gasteiger partial charge in [-0.25, -0.2) is 0 Å². The van der Waals surface area contributed by atoms with Crippen LogP contribution in [-0.4, -0.2) is 23.8 Å². The van der Waals surface area contributed by atoms with Crippen molar-refractivity contribution in [2.75, 3.05) is 12.4 Å². The monoisotopic (exact) mass is 521 g/mol. The van der Waals surface area contributed by atoms with E-state index in [1.165, 1.54) is 64.2 Å². The summed E-state index contributed by atoms with van der Waals surface area (Å²) >= 11 is 4.24. The maximum atomic E-state index is 12.8. The van der Waals surface area contributed by atoms with Crippen molar-refractivity contribution in [3.63, 3.8) is 0 Å². The highest BCUT2D eigenvalue weighted by molar-refractivity contribution is 7.80. The summed E-state index contributed by atoms with van der Waals surface area (Å²) in [7, 11) is -5.15. The van der Waals surface area contributed by atoms with Crippen molar-refractivity contribution in [1.29, 1.82) is 0 Å². The summed E-state index contributed by atoms with van der Waals surface area (Å²) in [6, 6.07) is 0. The van der Waals surface area contributed by atoms with Gasteiger partial charge in [0.1, 0.15) is 0 Å². The highest BCUT2D eigenvalue weighted by Crippen LogP contribution is 2.46. The fourth-order valence-electron chi connectivity index (χ4n) is 4.79. The summed E-state index contributed by atoms with van der Waals surface area (Å²) in [5, 5.41) is 3.06. The van der Waals surface area contributed by atoms with Gasteiger partial charge in [-0.05, 0) is 29.4 Å². The number of hydrogen-bond donors (Lipinski definition) is 2. The van der Waals surface area contributed by atoms with Crippen LogP contribution in [0.5, 0.6) is 0 Å². The van der Waals surface area contributed by atoms with Crippen molar-refractivity contribution in [1.82, 2.24) is 5.32 Å². The standard InChI is InChI=1S/C26H54NO5PS/c1-24(2,3)26(25(4,5)6,22-32-33(29,30)31)27-23(28)20-18-16-14-12-10-8-7-9-11-13-15-17-19-21-34/h34H,7-22H2,1-6H3,(H,27,28)(H2,29,30,31)/p-2. The van der Waals surface area contributed by atoms with Gasteiger partial charge in [0.05, 0.1) is 20.0 Å². The fraction of sp³-hybridized carbons (Fsp3) is 0.962. The summed E-state index contributed by atoms with van der Waals surface area (Å²) in [4.78, 5) is 35.1. The first-order valence-electron chi connectivity index (χ1n) is 13.2. The SMILES string of the molecule is CC(C)(C)C(COP(=O)([O-])[O-])(NC(=O)CCCCCCCCCCCCCCCS)C(C)(C)C. The van der Waals surface area contributed by atoms with Crippen LogP contribution in [0.3, 0.4) is 0 Å². The van der Waals surface area contributed by atoms with Crippen molar-refractivity contribution in [2.24, 2.45) is 10.8 Å². The Morgan fingerprint density at radius 3 is 1.41 bits per heavy atom. The van der Waals surface area contributed by atoms with Crippen molar-refractivity contribution in [3.8, 4) is 0 Å². The normalized spacial score (nSPS) is 13.3. The predicted octanol–water partition coefficient (Wildman–Crippen LogP) is 6.17. The Morgan fingerprint density at radius 1 is 0.735 bits per heavy atom. The van der Waals surface area contributed by atoms with Gasteiger partial charge in [-0.1, -0.05) is 112 Å². The van der Waals surface area contributed by atoms with Gasteiger partial charge < -0.3 is 24.2 Å². The molecule has 0 fully saturated rings. The quantitative estimate of drug-likeness (QED) is 0.120. The first kappa shape index (κ1) is 33.9. The molecule has 1 N–H and O–H groups in total. The molecule has 0 bridgehead atoms. The second-order valence-electron chi connectivity index (χ2n) is 11.7. The van der Waals surface area contributed by atoms with Gasteiger partial charge in [-0.3, -0.25) is 4.79 Å². The smallest absolute Gasteiger partial charge is 0.220 e. The van der Waals surface area contributed by atoms with Crippen LogP contribution in [-0.2, 0) is 13.9 Å². The van der Waals surface area contributed by atoms with E-state index in [2.05, 4.69) is 17.9 Å². The number of phosphoric ester groups is 1. The number of unbranched alkanes of at least 4 members (excludes halogenated alkanes) is 12. The molecule has 0 saturated heterocycles. The minimum atomic E-state index is -5.15. The molecule has 0 atom stereocenters. The van der Waals surface area contributed by atoms with Gasteiger partial charge in [0.15, 0.2) is 0 Å². The van der Waals surface area contributed by atoms with E-state index in [0.717, 1.165) is 25.0 Å². The van der Waals surface area contributed by atoms with Crippen LogP contribution in [0.25, 0.3) is 0 Å². The van der Waals surface area contributed by atoms with Crippen LogP contribution in [0.15, 0.2) is 0 Å². The van der Waals surface area contributed by atoms with E-state index in [1.807, 2.05) is 41.5 Å². The molecule has 0 unspecified atom stereocenters. The molecule has 0 aliphatic carbocycles. The van der Waals surface area contributed by atoms with Crippen LogP contribution in [0.1, 0.15) is 131 Å². The second kappa shape index (κ2) is 16.6. The maximum absolute atomic E-state index is 12.8. The zero-order chi connectivity index (χ0) is 26.3. The molecule has 0 aliphatic heterocycles. The molecule has 0 aliphatic rings. The lowest BCUT2D eigenvalue weighted by atomic mass is 9.60. The number of phosphoric acid groups is 1. The molecule has 0 saturated carbocycles. The lowest BCUT2D eigenvalue weighted by molar-refractivity contribution is -0.343. The molecule has 204 valence electrons. The van der Waals surface area contributed by atoms with E-state index >= 15 is 0 Å². The average molecular weight is 522 g/mol. The number of amides is 1. The van der Waals surface area contributed by atoms with Gasteiger partial charge in [-0.15, -0.1) is 0 Å². The van der Waals surface area contributed by atoms with E-state index < -0.39 is 24.2 Å². The Balaban J connectivity index is 4.29. The molecule has 0 radical (unpaired) electrons. The van der Waals surface area contributed by atoms with Crippen molar-refractivity contribution in [2.45, 2.75) is 137 Å². The molecule has 0 aromatic heterocycles. The Hall–Kier alpha value is -0.0700. The van der Waals surface area contributed by atoms with E-state index in [4.69, 9.17) is 4.52 Å². The molecule has 34 heavy (non-hydrogen) atoms. The van der Waals surface area contributed by atoms with Crippen molar-refractivity contribution >= 4 is 26.4 Å². The topological polar surface area (TPSA) is 102 Å². The maximum Gasteiger partial charge on any atom is 0.220 e. The summed E-state index contributed by atoms with van der Waals surface area (Å²) in [6.45, 7) is 11.2. The summed E-state index contributed by atoms with van der Waals surface area (Å²) < 4.78 is 15.9. The molecule has 0 spiro atoms. The summed E-state index contributed by atoms with van der Waals surface area (Å²) in [5.41, 5.74) is -2.06. The van der Waals surface area contributed by atoms with Crippen LogP contribution in [0, 0.1) is 10.8 Å². The zero-order valence-corrected chi connectivity index (χ0v) is 24.5. The minimum absolute atomic E-state index is 0.130. The number of thiol groups is 1. The molecular weight excluding hydrogens is 469 g/mol. The third-order valence-corrected chi connectivity index (χ3v) is 7.68. The van der Waals surface area contributed by atoms with Crippen LogP contribution in [0.2, 0.25) is 0 Å². The Morgan fingerprint density at radius 2 is 1.09 bits per heavy atom. The Kier molecular flexibility index (Phi) is 16.6. The third kappa shape index (κ3) is 14.5. The highest BCUT2D eigenvalue weighted by atomic mass is 32.1. The summed E-state index contributed by atoms with van der Waals surface area (Å²) in [6.07, 6.45) is 16.3. The number of rotatable bonds is 19. The van der Waals surface area contributed by atoms with Gasteiger partial charge in [0, 0.05) is 6.42 Å². The second-order valence-corrected chi connectivity index (χ2v) is 13.3. The van der Waals surface area contributed by atoms with Crippen LogP contribution < -0.4 is 15.1 Å². The molecule has 0 heterocycles. The minimum Gasteiger partial charge on any atom is -0.790 e. The molecule has 0 aromatic carbocycles. The highest BCUT2D eigenvalue weighted by Gasteiger charge is 2.52. The predicted molar refractivity (Wildman–Crippen MR) is 142 cm³/mol. The molecule has 1 amide bonds. The van der Waals surface area contributed by atoms with E-state index in [-0.39, 0.29) is 12.5 Å². The van der Waals surface area contributed by atoms with Gasteiger partial charge in [-0.2, -0.15) is 12.6 Å². The fourth-order valence-corrected chi connectivity index (χ4v) is 5.36. The average Bonchev–Trinajstić information content (AvgIpc) is 2.68. The lowest BCUT2D eigenvalue weighted by Gasteiger charge is -2.54. The van der Waals surface area contributed by atoms with Crippen molar-refractivity contribution in [3.05, 3.63) is 0 Å². The number of carbonyl (C=O) groups excluding carboxylic acids is 1. The van der Waals surface area contributed by atoms with E-state index in [9.17, 15) is 19.1 Å². The number of nitrogens with one attached hydrogen (secondary N) is 1. The Labute approximate surface area is 215 Å². The first-order valence-corrected chi connectivity index (χ1v) is 15.3.